The number of para-hydroxylation sites is 1. The highest BCUT2D eigenvalue weighted by atomic mass is 16.5. The first-order valence-electron chi connectivity index (χ1n) is 4.55. The van der Waals surface area contributed by atoms with Crippen LogP contribution in [0, 0.1) is 5.92 Å². The zero-order valence-electron chi connectivity index (χ0n) is 8.29. The maximum Gasteiger partial charge on any atom is 0.119 e. The molecule has 70 valence electrons. The van der Waals surface area contributed by atoms with Gasteiger partial charge in [0.05, 0.1) is 0 Å². The van der Waals surface area contributed by atoms with Crippen LogP contribution in [0.3, 0.4) is 0 Å². The standard InChI is InChI=1S/C12H16O/c1-10(2)11(3)9-13-12-7-5-4-6-8-12/h4-8,10H,3,9H2,1-2H3. The fraction of sp³-hybridized carbons (Fsp3) is 0.333. The topological polar surface area (TPSA) is 9.23 Å². The summed E-state index contributed by atoms with van der Waals surface area (Å²) in [5, 5.41) is 0. The molecule has 0 saturated heterocycles. The van der Waals surface area contributed by atoms with Crippen LogP contribution >= 0.6 is 0 Å². The summed E-state index contributed by atoms with van der Waals surface area (Å²) >= 11 is 0. The molecule has 0 amide bonds. The van der Waals surface area contributed by atoms with E-state index in [9.17, 15) is 0 Å². The number of ether oxygens (including phenoxy) is 1. The fourth-order valence-corrected chi connectivity index (χ4v) is 0.859. The molecule has 0 saturated carbocycles. The van der Waals surface area contributed by atoms with E-state index in [1.807, 2.05) is 30.3 Å². The lowest BCUT2D eigenvalue weighted by atomic mass is 10.1. The molecule has 0 bridgehead atoms. The van der Waals surface area contributed by atoms with Crippen LogP contribution in [0.25, 0.3) is 0 Å². The molecule has 0 N–H and O–H groups in total. The summed E-state index contributed by atoms with van der Waals surface area (Å²) in [5.74, 6) is 1.40. The van der Waals surface area contributed by atoms with Gasteiger partial charge in [0.1, 0.15) is 12.4 Å². The Morgan fingerprint density at radius 2 is 1.92 bits per heavy atom. The van der Waals surface area contributed by atoms with E-state index in [0.717, 1.165) is 11.3 Å². The SMILES string of the molecule is C=C(COc1ccccc1)C(C)C. The largest absolute Gasteiger partial charge is 0.489 e. The Hall–Kier alpha value is -1.24. The quantitative estimate of drug-likeness (QED) is 0.640. The monoisotopic (exact) mass is 176 g/mol. The lowest BCUT2D eigenvalue weighted by Crippen LogP contribution is -2.04. The average molecular weight is 176 g/mol. The molecule has 0 aliphatic heterocycles. The first-order chi connectivity index (χ1) is 6.20. The number of benzene rings is 1. The summed E-state index contributed by atoms with van der Waals surface area (Å²) in [7, 11) is 0. The van der Waals surface area contributed by atoms with Gasteiger partial charge in [-0.05, 0) is 23.6 Å². The second-order valence-electron chi connectivity index (χ2n) is 3.41. The van der Waals surface area contributed by atoms with E-state index in [2.05, 4.69) is 20.4 Å². The van der Waals surface area contributed by atoms with E-state index >= 15 is 0 Å². The lowest BCUT2D eigenvalue weighted by molar-refractivity contribution is 0.340. The van der Waals surface area contributed by atoms with E-state index < -0.39 is 0 Å². The van der Waals surface area contributed by atoms with Crippen LogP contribution in [0.2, 0.25) is 0 Å². The van der Waals surface area contributed by atoms with Crippen molar-refractivity contribution in [2.75, 3.05) is 6.61 Å². The van der Waals surface area contributed by atoms with Crippen LogP contribution in [0.4, 0.5) is 0 Å². The van der Waals surface area contributed by atoms with E-state index in [0.29, 0.717) is 12.5 Å². The molecular weight excluding hydrogens is 160 g/mol. The summed E-state index contributed by atoms with van der Waals surface area (Å²) in [6.45, 7) is 8.80. The second-order valence-corrected chi connectivity index (χ2v) is 3.41. The fourth-order valence-electron chi connectivity index (χ4n) is 0.859. The molecule has 13 heavy (non-hydrogen) atoms. The molecule has 0 radical (unpaired) electrons. The van der Waals surface area contributed by atoms with Crippen molar-refractivity contribution in [3.8, 4) is 5.75 Å². The van der Waals surface area contributed by atoms with Gasteiger partial charge in [0.15, 0.2) is 0 Å². The number of hydrogen-bond donors (Lipinski definition) is 0. The summed E-state index contributed by atoms with van der Waals surface area (Å²) in [4.78, 5) is 0. The molecule has 0 aliphatic rings. The van der Waals surface area contributed by atoms with Gasteiger partial charge in [-0.25, -0.2) is 0 Å². The van der Waals surface area contributed by atoms with Crippen LogP contribution in [-0.4, -0.2) is 6.61 Å². The molecule has 1 nitrogen and oxygen atoms in total. The molecule has 0 unspecified atom stereocenters. The third-order valence-corrected chi connectivity index (χ3v) is 1.98. The first kappa shape index (κ1) is 9.85. The molecule has 0 fully saturated rings. The lowest BCUT2D eigenvalue weighted by Gasteiger charge is -2.10. The van der Waals surface area contributed by atoms with Crippen molar-refractivity contribution in [1.29, 1.82) is 0 Å². The van der Waals surface area contributed by atoms with Crippen LogP contribution in [0.1, 0.15) is 13.8 Å². The normalized spacial score (nSPS) is 10.1. The molecule has 0 heterocycles. The third-order valence-electron chi connectivity index (χ3n) is 1.98. The zero-order chi connectivity index (χ0) is 9.68. The molecule has 0 aliphatic carbocycles. The Labute approximate surface area is 80.0 Å². The highest BCUT2D eigenvalue weighted by Gasteiger charge is 2.00. The van der Waals surface area contributed by atoms with Gasteiger partial charge in [-0.3, -0.25) is 0 Å². The predicted octanol–water partition coefficient (Wildman–Crippen LogP) is 3.28. The maximum absolute atomic E-state index is 5.53. The van der Waals surface area contributed by atoms with Crippen molar-refractivity contribution in [1.82, 2.24) is 0 Å². The minimum absolute atomic E-state index is 0.490. The van der Waals surface area contributed by atoms with Crippen molar-refractivity contribution in [3.05, 3.63) is 42.5 Å². The van der Waals surface area contributed by atoms with Crippen LogP contribution in [-0.2, 0) is 0 Å². The van der Waals surface area contributed by atoms with Crippen molar-refractivity contribution in [2.45, 2.75) is 13.8 Å². The van der Waals surface area contributed by atoms with Gasteiger partial charge in [-0.1, -0.05) is 38.6 Å². The smallest absolute Gasteiger partial charge is 0.119 e. The van der Waals surface area contributed by atoms with Crippen LogP contribution in [0.5, 0.6) is 5.75 Å². The molecule has 0 atom stereocenters. The molecule has 1 aromatic rings. The van der Waals surface area contributed by atoms with Crippen molar-refractivity contribution >= 4 is 0 Å². The van der Waals surface area contributed by atoms with Gasteiger partial charge in [0, 0.05) is 0 Å². The van der Waals surface area contributed by atoms with E-state index in [1.54, 1.807) is 0 Å². The van der Waals surface area contributed by atoms with E-state index in [-0.39, 0.29) is 0 Å². The number of rotatable bonds is 4. The third kappa shape index (κ3) is 3.32. The van der Waals surface area contributed by atoms with Gasteiger partial charge >= 0.3 is 0 Å². The Morgan fingerprint density at radius 1 is 1.31 bits per heavy atom. The summed E-state index contributed by atoms with van der Waals surface area (Å²) < 4.78 is 5.53. The summed E-state index contributed by atoms with van der Waals surface area (Å²) in [5.41, 5.74) is 1.13. The van der Waals surface area contributed by atoms with Gasteiger partial charge in [0.25, 0.3) is 0 Å². The highest BCUT2D eigenvalue weighted by molar-refractivity contribution is 5.21. The Balaban J connectivity index is 2.40. The average Bonchev–Trinajstić information content (AvgIpc) is 2.15. The second kappa shape index (κ2) is 4.70. The molecular formula is C12H16O. The van der Waals surface area contributed by atoms with Crippen LogP contribution in [0.15, 0.2) is 42.5 Å². The van der Waals surface area contributed by atoms with Gasteiger partial charge in [0.2, 0.25) is 0 Å². The number of hydrogen-bond acceptors (Lipinski definition) is 1. The van der Waals surface area contributed by atoms with Crippen LogP contribution < -0.4 is 4.74 Å². The highest BCUT2D eigenvalue weighted by Crippen LogP contribution is 2.12. The van der Waals surface area contributed by atoms with Gasteiger partial charge in [-0.2, -0.15) is 0 Å². The van der Waals surface area contributed by atoms with Gasteiger partial charge < -0.3 is 4.74 Å². The summed E-state index contributed by atoms with van der Waals surface area (Å²) in [6.07, 6.45) is 0. The Kier molecular flexibility index (Phi) is 3.56. The first-order valence-corrected chi connectivity index (χ1v) is 4.55. The zero-order valence-corrected chi connectivity index (χ0v) is 8.29. The molecule has 1 heteroatoms. The minimum atomic E-state index is 0.490. The van der Waals surface area contributed by atoms with Crippen molar-refractivity contribution in [2.24, 2.45) is 5.92 Å². The Bertz CT molecular complexity index is 262. The van der Waals surface area contributed by atoms with Crippen molar-refractivity contribution < 1.29 is 4.74 Å². The van der Waals surface area contributed by atoms with Crippen molar-refractivity contribution in [3.63, 3.8) is 0 Å². The predicted molar refractivity (Wildman–Crippen MR) is 55.9 cm³/mol. The maximum atomic E-state index is 5.53. The van der Waals surface area contributed by atoms with Gasteiger partial charge in [-0.15, -0.1) is 0 Å². The molecule has 1 aromatic carbocycles. The Morgan fingerprint density at radius 3 is 2.46 bits per heavy atom. The molecule has 1 rings (SSSR count). The minimum Gasteiger partial charge on any atom is -0.489 e. The molecule has 0 aromatic heterocycles. The molecule has 0 spiro atoms. The van der Waals surface area contributed by atoms with E-state index in [1.165, 1.54) is 0 Å². The summed E-state index contributed by atoms with van der Waals surface area (Å²) in [6, 6.07) is 9.81. The van der Waals surface area contributed by atoms with E-state index in [4.69, 9.17) is 4.74 Å².